The summed E-state index contributed by atoms with van der Waals surface area (Å²) in [4.78, 5) is 16.6. The van der Waals surface area contributed by atoms with Crippen molar-refractivity contribution < 1.29 is 9.53 Å². The van der Waals surface area contributed by atoms with Crippen LogP contribution < -0.4 is 10.5 Å². The number of nitrogens with two attached hydrogens (primary N) is 1. The lowest BCUT2D eigenvalue weighted by molar-refractivity contribution is 0.112. The standard InChI is InChI=1S/C17H13ClN4O2S/c1-8-3-9-5-12(25-15(9)11(4-8)24-2)13-10(6-23)16(18)22-14(13)17(19)20-7-21-22/h3-7H,1-2H3,(H2,19,20,21). The van der Waals surface area contributed by atoms with Crippen LogP contribution in [0.25, 0.3) is 26.0 Å². The van der Waals surface area contributed by atoms with Crippen molar-refractivity contribution in [3.05, 3.63) is 40.8 Å². The molecule has 8 heteroatoms. The number of carbonyl (C=O) groups excluding carboxylic acids is 1. The molecule has 2 N–H and O–H groups in total. The van der Waals surface area contributed by atoms with Crippen LogP contribution in [0.2, 0.25) is 5.15 Å². The number of carbonyl (C=O) groups is 1. The summed E-state index contributed by atoms with van der Waals surface area (Å²) in [7, 11) is 1.64. The van der Waals surface area contributed by atoms with Gasteiger partial charge in [-0.15, -0.1) is 11.3 Å². The van der Waals surface area contributed by atoms with Crippen molar-refractivity contribution in [3.8, 4) is 16.2 Å². The lowest BCUT2D eigenvalue weighted by atomic mass is 10.1. The molecule has 0 fully saturated rings. The van der Waals surface area contributed by atoms with Crippen LogP contribution in [-0.2, 0) is 0 Å². The Morgan fingerprint density at radius 3 is 2.88 bits per heavy atom. The average Bonchev–Trinajstić information content (AvgIpc) is 3.13. The minimum absolute atomic E-state index is 0.217. The number of nitrogens with zero attached hydrogens (tertiary/aromatic N) is 3. The maximum Gasteiger partial charge on any atom is 0.153 e. The first-order valence-electron chi connectivity index (χ1n) is 7.39. The van der Waals surface area contributed by atoms with E-state index >= 15 is 0 Å². The van der Waals surface area contributed by atoms with Gasteiger partial charge in [0.05, 0.1) is 17.4 Å². The van der Waals surface area contributed by atoms with E-state index in [1.54, 1.807) is 7.11 Å². The first-order valence-corrected chi connectivity index (χ1v) is 8.59. The van der Waals surface area contributed by atoms with E-state index in [4.69, 9.17) is 22.1 Å². The molecule has 126 valence electrons. The van der Waals surface area contributed by atoms with Crippen LogP contribution in [0.1, 0.15) is 15.9 Å². The third kappa shape index (κ3) is 2.27. The van der Waals surface area contributed by atoms with Crippen molar-refractivity contribution >= 4 is 50.6 Å². The number of aryl methyl sites for hydroxylation is 1. The summed E-state index contributed by atoms with van der Waals surface area (Å²) in [5, 5.41) is 5.36. The monoisotopic (exact) mass is 372 g/mol. The molecule has 0 aliphatic carbocycles. The van der Waals surface area contributed by atoms with Crippen LogP contribution in [0, 0.1) is 6.92 Å². The summed E-state index contributed by atoms with van der Waals surface area (Å²) in [6, 6.07) is 6.05. The summed E-state index contributed by atoms with van der Waals surface area (Å²) in [6.45, 7) is 2.01. The zero-order chi connectivity index (χ0) is 17.7. The second-order valence-electron chi connectivity index (χ2n) is 5.60. The van der Waals surface area contributed by atoms with Gasteiger partial charge in [0.25, 0.3) is 0 Å². The lowest BCUT2D eigenvalue weighted by Gasteiger charge is -2.02. The Morgan fingerprint density at radius 2 is 2.16 bits per heavy atom. The molecular weight excluding hydrogens is 360 g/mol. The Balaban J connectivity index is 2.12. The van der Waals surface area contributed by atoms with Gasteiger partial charge in [0.1, 0.15) is 22.7 Å². The molecule has 0 bridgehead atoms. The third-order valence-corrected chi connectivity index (χ3v) is 5.59. The highest BCUT2D eigenvalue weighted by Crippen LogP contribution is 2.44. The number of halogens is 1. The molecule has 4 aromatic rings. The summed E-state index contributed by atoms with van der Waals surface area (Å²) in [6.07, 6.45) is 2.03. The Kier molecular flexibility index (Phi) is 3.63. The number of rotatable bonds is 3. The van der Waals surface area contributed by atoms with Crippen molar-refractivity contribution in [3.63, 3.8) is 0 Å². The highest BCUT2D eigenvalue weighted by molar-refractivity contribution is 7.22. The summed E-state index contributed by atoms with van der Waals surface area (Å²) >= 11 is 7.84. The maximum absolute atomic E-state index is 11.7. The molecule has 25 heavy (non-hydrogen) atoms. The number of aromatic nitrogens is 3. The average molecular weight is 373 g/mol. The van der Waals surface area contributed by atoms with Gasteiger partial charge < -0.3 is 10.5 Å². The highest BCUT2D eigenvalue weighted by atomic mass is 35.5. The Morgan fingerprint density at radius 1 is 1.36 bits per heavy atom. The third-order valence-electron chi connectivity index (χ3n) is 4.04. The van der Waals surface area contributed by atoms with Crippen LogP contribution in [0.15, 0.2) is 24.5 Å². The van der Waals surface area contributed by atoms with Gasteiger partial charge in [-0.05, 0) is 30.0 Å². The van der Waals surface area contributed by atoms with E-state index in [1.807, 2.05) is 19.1 Å². The van der Waals surface area contributed by atoms with E-state index in [0.717, 1.165) is 32.6 Å². The van der Waals surface area contributed by atoms with Crippen molar-refractivity contribution in [2.24, 2.45) is 0 Å². The van der Waals surface area contributed by atoms with Crippen LogP contribution in [0.4, 0.5) is 5.82 Å². The smallest absolute Gasteiger partial charge is 0.153 e. The fraction of sp³-hybridized carbons (Fsp3) is 0.118. The van der Waals surface area contributed by atoms with Gasteiger partial charge in [0.15, 0.2) is 12.1 Å². The Labute approximate surface area is 151 Å². The predicted octanol–water partition coefficient (Wildman–Crippen LogP) is 3.98. The van der Waals surface area contributed by atoms with E-state index in [2.05, 4.69) is 16.1 Å². The van der Waals surface area contributed by atoms with Gasteiger partial charge >= 0.3 is 0 Å². The number of hydrogen-bond acceptors (Lipinski definition) is 6. The van der Waals surface area contributed by atoms with Crippen molar-refractivity contribution in [2.75, 3.05) is 12.8 Å². The maximum atomic E-state index is 11.7. The number of hydrogen-bond donors (Lipinski definition) is 1. The second-order valence-corrected chi connectivity index (χ2v) is 7.01. The van der Waals surface area contributed by atoms with Crippen LogP contribution in [0.3, 0.4) is 0 Å². The molecule has 0 unspecified atom stereocenters. The normalized spacial score (nSPS) is 11.3. The lowest BCUT2D eigenvalue weighted by Crippen LogP contribution is -1.99. The molecule has 0 amide bonds. The highest BCUT2D eigenvalue weighted by Gasteiger charge is 2.23. The van der Waals surface area contributed by atoms with Gasteiger partial charge in [0.2, 0.25) is 0 Å². The molecule has 0 aliphatic heterocycles. The molecule has 3 heterocycles. The molecular formula is C17H13ClN4O2S. The minimum atomic E-state index is 0.217. The number of ether oxygens (including phenoxy) is 1. The molecule has 0 spiro atoms. The van der Waals surface area contributed by atoms with Gasteiger partial charge in [-0.2, -0.15) is 5.10 Å². The molecule has 3 aromatic heterocycles. The molecule has 0 saturated carbocycles. The largest absolute Gasteiger partial charge is 0.495 e. The van der Waals surface area contributed by atoms with Gasteiger partial charge in [-0.3, -0.25) is 4.79 Å². The van der Waals surface area contributed by atoms with Gasteiger partial charge in [0, 0.05) is 10.4 Å². The van der Waals surface area contributed by atoms with Crippen molar-refractivity contribution in [2.45, 2.75) is 6.92 Å². The number of aldehydes is 1. The van der Waals surface area contributed by atoms with E-state index in [9.17, 15) is 4.79 Å². The van der Waals surface area contributed by atoms with Crippen LogP contribution in [-0.4, -0.2) is 28.0 Å². The van der Waals surface area contributed by atoms with Crippen molar-refractivity contribution in [1.82, 2.24) is 14.6 Å². The molecule has 1 aromatic carbocycles. The second kappa shape index (κ2) is 5.72. The zero-order valence-electron chi connectivity index (χ0n) is 13.4. The fourth-order valence-electron chi connectivity index (χ4n) is 2.99. The quantitative estimate of drug-likeness (QED) is 0.550. The molecule has 0 aliphatic rings. The Hall–Kier alpha value is -2.64. The Bertz CT molecular complexity index is 1150. The SMILES string of the molecule is COc1cc(C)cc2cc(-c3c(C=O)c(Cl)n4ncnc(N)c34)sc12. The molecule has 0 saturated heterocycles. The van der Waals surface area contributed by atoms with Crippen LogP contribution in [0.5, 0.6) is 5.75 Å². The fourth-order valence-corrected chi connectivity index (χ4v) is 4.45. The van der Waals surface area contributed by atoms with Gasteiger partial charge in [-0.1, -0.05) is 17.7 Å². The molecule has 0 radical (unpaired) electrons. The topological polar surface area (TPSA) is 82.5 Å². The first kappa shape index (κ1) is 15.9. The first-order chi connectivity index (χ1) is 12.0. The minimum Gasteiger partial charge on any atom is -0.495 e. The summed E-state index contributed by atoms with van der Waals surface area (Å²) < 4.78 is 7.92. The predicted molar refractivity (Wildman–Crippen MR) is 99.9 cm³/mol. The van der Waals surface area contributed by atoms with E-state index < -0.39 is 0 Å². The van der Waals surface area contributed by atoms with Crippen LogP contribution >= 0.6 is 22.9 Å². The van der Waals surface area contributed by atoms with Gasteiger partial charge in [-0.25, -0.2) is 9.50 Å². The number of nitrogen functional groups attached to an aromatic ring is 1. The van der Waals surface area contributed by atoms with Crippen molar-refractivity contribution in [1.29, 1.82) is 0 Å². The summed E-state index contributed by atoms with van der Waals surface area (Å²) in [5.74, 6) is 1.05. The molecule has 0 atom stereocenters. The number of thiophene rings is 1. The molecule has 4 rings (SSSR count). The van der Waals surface area contributed by atoms with E-state index in [1.165, 1.54) is 22.2 Å². The number of anilines is 1. The summed E-state index contributed by atoms with van der Waals surface area (Å²) in [5.41, 5.74) is 8.64. The number of methoxy groups -OCH3 is 1. The van der Waals surface area contributed by atoms with E-state index in [-0.39, 0.29) is 11.0 Å². The number of fused-ring (bicyclic) bond motifs is 2. The number of benzene rings is 1. The zero-order valence-corrected chi connectivity index (χ0v) is 15.0. The van der Waals surface area contributed by atoms with E-state index in [0.29, 0.717) is 16.6 Å². The molecule has 6 nitrogen and oxygen atoms in total.